The van der Waals surface area contributed by atoms with Crippen LogP contribution in [0.2, 0.25) is 0 Å². The zero-order chi connectivity index (χ0) is 7.84. The fourth-order valence-corrected chi connectivity index (χ4v) is 1.95. The van der Waals surface area contributed by atoms with E-state index in [9.17, 15) is 4.21 Å². The van der Waals surface area contributed by atoms with E-state index in [1.807, 2.05) is 0 Å². The number of hydrogen-bond donors (Lipinski definition) is 1. The standard InChI is InChI=1S/C7H6O3S/c8-7-5-3-1-2-4-6(5)11(9)10-7/h1-4,7-8H. The van der Waals surface area contributed by atoms with Crippen molar-refractivity contribution in [3.8, 4) is 0 Å². The van der Waals surface area contributed by atoms with Crippen LogP contribution in [0.4, 0.5) is 0 Å². The molecule has 0 bridgehead atoms. The molecule has 0 fully saturated rings. The molecule has 3 nitrogen and oxygen atoms in total. The van der Waals surface area contributed by atoms with Crippen molar-refractivity contribution in [1.29, 1.82) is 0 Å². The first kappa shape index (κ1) is 6.97. The van der Waals surface area contributed by atoms with Gasteiger partial charge in [0.05, 0.1) is 4.90 Å². The summed E-state index contributed by atoms with van der Waals surface area (Å²) in [7, 11) is 0. The van der Waals surface area contributed by atoms with E-state index >= 15 is 0 Å². The molecule has 1 aliphatic heterocycles. The van der Waals surface area contributed by atoms with E-state index in [1.165, 1.54) is 0 Å². The zero-order valence-electron chi connectivity index (χ0n) is 5.56. The highest BCUT2D eigenvalue weighted by Gasteiger charge is 2.26. The van der Waals surface area contributed by atoms with E-state index in [-0.39, 0.29) is 0 Å². The first-order valence-electron chi connectivity index (χ1n) is 3.15. The minimum absolute atomic E-state index is 0.569. The lowest BCUT2D eigenvalue weighted by molar-refractivity contribution is -0.000853. The van der Waals surface area contributed by atoms with Gasteiger partial charge in [0.15, 0.2) is 17.4 Å². The summed E-state index contributed by atoms with van der Waals surface area (Å²) in [4.78, 5) is 0.569. The molecular formula is C7H6O3S. The van der Waals surface area contributed by atoms with Gasteiger partial charge in [-0.25, -0.2) is 4.21 Å². The van der Waals surface area contributed by atoms with Crippen LogP contribution in [-0.4, -0.2) is 9.32 Å². The maximum Gasteiger partial charge on any atom is 0.198 e. The quantitative estimate of drug-likeness (QED) is 0.624. The number of aliphatic hydroxyl groups is 1. The van der Waals surface area contributed by atoms with E-state index in [0.717, 1.165) is 0 Å². The third-order valence-corrected chi connectivity index (χ3v) is 2.63. The summed E-state index contributed by atoms with van der Waals surface area (Å²) in [6.07, 6.45) is -1.02. The normalized spacial score (nSPS) is 28.5. The second-order valence-corrected chi connectivity index (χ2v) is 3.32. The topological polar surface area (TPSA) is 46.5 Å². The second-order valence-electron chi connectivity index (χ2n) is 2.22. The Morgan fingerprint density at radius 3 is 2.91 bits per heavy atom. The number of aliphatic hydroxyl groups excluding tert-OH is 1. The summed E-state index contributed by atoms with van der Waals surface area (Å²) in [6, 6.07) is 6.92. The average molecular weight is 170 g/mol. The van der Waals surface area contributed by atoms with Crippen molar-refractivity contribution < 1.29 is 13.5 Å². The molecule has 1 aromatic carbocycles. The number of rotatable bonds is 0. The molecule has 1 N–H and O–H groups in total. The third-order valence-electron chi connectivity index (χ3n) is 1.54. The minimum Gasteiger partial charge on any atom is -0.363 e. The van der Waals surface area contributed by atoms with Gasteiger partial charge in [-0.15, -0.1) is 0 Å². The van der Waals surface area contributed by atoms with Gasteiger partial charge in [-0.05, 0) is 6.07 Å². The van der Waals surface area contributed by atoms with Crippen molar-refractivity contribution in [2.24, 2.45) is 0 Å². The molecule has 2 unspecified atom stereocenters. The Balaban J connectivity index is 2.60. The van der Waals surface area contributed by atoms with E-state index in [0.29, 0.717) is 10.5 Å². The van der Waals surface area contributed by atoms with Crippen LogP contribution in [0.25, 0.3) is 0 Å². The van der Waals surface area contributed by atoms with Gasteiger partial charge in [-0.3, -0.25) is 4.18 Å². The molecule has 11 heavy (non-hydrogen) atoms. The van der Waals surface area contributed by atoms with Gasteiger partial charge in [0.25, 0.3) is 0 Å². The maximum atomic E-state index is 11.0. The highest BCUT2D eigenvalue weighted by molar-refractivity contribution is 7.80. The monoisotopic (exact) mass is 170 g/mol. The minimum atomic E-state index is -1.48. The Morgan fingerprint density at radius 2 is 2.18 bits per heavy atom. The highest BCUT2D eigenvalue weighted by atomic mass is 32.2. The maximum absolute atomic E-state index is 11.0. The first-order chi connectivity index (χ1) is 5.29. The van der Waals surface area contributed by atoms with Crippen molar-refractivity contribution in [2.45, 2.75) is 11.2 Å². The molecule has 0 aromatic heterocycles. The summed E-state index contributed by atoms with van der Waals surface area (Å²) < 4.78 is 15.7. The molecule has 0 aliphatic carbocycles. The SMILES string of the molecule is O=S1OC(O)c2ccccc21. The Hall–Kier alpha value is -0.710. The highest BCUT2D eigenvalue weighted by Crippen LogP contribution is 2.31. The van der Waals surface area contributed by atoms with Crippen molar-refractivity contribution in [2.75, 3.05) is 0 Å². The average Bonchev–Trinajstić information content (AvgIpc) is 2.30. The lowest BCUT2D eigenvalue weighted by atomic mass is 10.2. The molecule has 2 rings (SSSR count). The zero-order valence-corrected chi connectivity index (χ0v) is 6.38. The Labute approximate surface area is 66.3 Å². The van der Waals surface area contributed by atoms with Crippen molar-refractivity contribution in [3.63, 3.8) is 0 Å². The Bertz CT molecular complexity index is 310. The molecule has 0 amide bonds. The summed E-state index contributed by atoms with van der Waals surface area (Å²) in [5.74, 6) is 0. The van der Waals surface area contributed by atoms with Gasteiger partial charge in [0, 0.05) is 5.56 Å². The Morgan fingerprint density at radius 1 is 1.45 bits per heavy atom. The van der Waals surface area contributed by atoms with Crippen LogP contribution < -0.4 is 0 Å². The van der Waals surface area contributed by atoms with Crippen molar-refractivity contribution in [3.05, 3.63) is 29.8 Å². The second kappa shape index (κ2) is 2.41. The molecule has 0 saturated heterocycles. The third kappa shape index (κ3) is 0.994. The van der Waals surface area contributed by atoms with Crippen LogP contribution in [0.5, 0.6) is 0 Å². The van der Waals surface area contributed by atoms with Gasteiger partial charge in [0.1, 0.15) is 0 Å². The molecule has 0 spiro atoms. The molecule has 4 heteroatoms. The molecule has 1 aromatic rings. The van der Waals surface area contributed by atoms with Crippen LogP contribution >= 0.6 is 0 Å². The van der Waals surface area contributed by atoms with Crippen LogP contribution in [0.15, 0.2) is 29.2 Å². The van der Waals surface area contributed by atoms with Gasteiger partial charge in [-0.2, -0.15) is 0 Å². The van der Waals surface area contributed by atoms with Crippen LogP contribution in [0.3, 0.4) is 0 Å². The van der Waals surface area contributed by atoms with Crippen LogP contribution in [-0.2, 0) is 15.3 Å². The Kier molecular flexibility index (Phi) is 1.52. The first-order valence-corrected chi connectivity index (χ1v) is 4.22. The molecule has 1 aliphatic rings. The number of hydrogen-bond acceptors (Lipinski definition) is 3. The molecule has 0 radical (unpaired) electrons. The number of fused-ring (bicyclic) bond motifs is 1. The summed E-state index contributed by atoms with van der Waals surface area (Å²) in [6.45, 7) is 0. The smallest absolute Gasteiger partial charge is 0.198 e. The fourth-order valence-electron chi connectivity index (χ4n) is 1.02. The molecule has 58 valence electrons. The van der Waals surface area contributed by atoms with Crippen molar-refractivity contribution in [1.82, 2.24) is 0 Å². The predicted octanol–water partition coefficient (Wildman–Crippen LogP) is 0.730. The largest absolute Gasteiger partial charge is 0.363 e. The van der Waals surface area contributed by atoms with Crippen LogP contribution in [0, 0.1) is 0 Å². The van der Waals surface area contributed by atoms with Gasteiger partial charge in [-0.1, -0.05) is 18.2 Å². The lowest BCUT2D eigenvalue weighted by Crippen LogP contribution is -1.92. The fraction of sp³-hybridized carbons (Fsp3) is 0.143. The predicted molar refractivity (Wildman–Crippen MR) is 38.9 cm³/mol. The van der Waals surface area contributed by atoms with Gasteiger partial charge in [0.2, 0.25) is 0 Å². The van der Waals surface area contributed by atoms with E-state index in [1.54, 1.807) is 24.3 Å². The molecule has 2 atom stereocenters. The van der Waals surface area contributed by atoms with Gasteiger partial charge < -0.3 is 5.11 Å². The summed E-state index contributed by atoms with van der Waals surface area (Å²) in [5, 5.41) is 9.14. The summed E-state index contributed by atoms with van der Waals surface area (Å²) in [5.41, 5.74) is 0.603. The summed E-state index contributed by atoms with van der Waals surface area (Å²) >= 11 is -1.48. The molecule has 0 saturated carbocycles. The molecular weight excluding hydrogens is 164 g/mol. The van der Waals surface area contributed by atoms with E-state index < -0.39 is 17.4 Å². The van der Waals surface area contributed by atoms with Crippen LogP contribution in [0.1, 0.15) is 11.9 Å². The lowest BCUT2D eigenvalue weighted by Gasteiger charge is -1.96. The van der Waals surface area contributed by atoms with E-state index in [4.69, 9.17) is 5.11 Å². The van der Waals surface area contributed by atoms with Crippen molar-refractivity contribution >= 4 is 11.1 Å². The molecule has 1 heterocycles. The van der Waals surface area contributed by atoms with E-state index in [2.05, 4.69) is 4.18 Å². The van der Waals surface area contributed by atoms with Gasteiger partial charge >= 0.3 is 0 Å². The number of benzene rings is 1.